The molecule has 1 aromatic carbocycles. The van der Waals surface area contributed by atoms with Gasteiger partial charge in [-0.3, -0.25) is 0 Å². The molecule has 0 bridgehead atoms. The van der Waals surface area contributed by atoms with Crippen molar-refractivity contribution < 1.29 is 13.5 Å². The van der Waals surface area contributed by atoms with Crippen molar-refractivity contribution in [2.24, 2.45) is 0 Å². The molecule has 0 spiro atoms. The molecule has 2 N–H and O–H groups in total. The van der Waals surface area contributed by atoms with Gasteiger partial charge in [0.25, 0.3) is 0 Å². The van der Waals surface area contributed by atoms with Crippen molar-refractivity contribution in [2.75, 3.05) is 6.54 Å². The minimum Gasteiger partial charge on any atom is -0.383 e. The molecule has 0 aliphatic rings. The van der Waals surface area contributed by atoms with E-state index in [4.69, 9.17) is 0 Å². The van der Waals surface area contributed by atoms with Crippen molar-refractivity contribution in [1.82, 2.24) is 4.72 Å². The van der Waals surface area contributed by atoms with E-state index in [0.717, 1.165) is 15.8 Å². The Morgan fingerprint density at radius 2 is 1.95 bits per heavy atom. The van der Waals surface area contributed by atoms with Crippen LogP contribution in [0.4, 0.5) is 0 Å². The molecule has 0 saturated heterocycles. The van der Waals surface area contributed by atoms with Gasteiger partial charge in [0.2, 0.25) is 10.0 Å². The van der Waals surface area contributed by atoms with Crippen molar-refractivity contribution in [2.45, 2.75) is 12.5 Å². The van der Waals surface area contributed by atoms with Gasteiger partial charge in [0.05, 0.1) is 0 Å². The zero-order valence-corrected chi connectivity index (χ0v) is 13.2. The lowest BCUT2D eigenvalue weighted by Crippen LogP contribution is -2.37. The van der Waals surface area contributed by atoms with Gasteiger partial charge in [0.15, 0.2) is 0 Å². The Balaban J connectivity index is 2.00. The highest BCUT2D eigenvalue weighted by Gasteiger charge is 2.25. The number of benzene rings is 1. The number of nitrogens with one attached hydrogen (secondary N) is 1. The van der Waals surface area contributed by atoms with Crippen LogP contribution in [0.3, 0.4) is 0 Å². The summed E-state index contributed by atoms with van der Waals surface area (Å²) >= 11 is 1.39. The Bertz CT molecular complexity index is 690. The van der Waals surface area contributed by atoms with E-state index in [1.165, 1.54) is 17.4 Å². The quantitative estimate of drug-likeness (QED) is 0.858. The fraction of sp³-hybridized carbons (Fsp3) is 0.200. The van der Waals surface area contributed by atoms with Crippen molar-refractivity contribution in [1.29, 1.82) is 0 Å². The summed E-state index contributed by atoms with van der Waals surface area (Å²) in [6, 6.07) is 12.8. The van der Waals surface area contributed by atoms with Crippen LogP contribution in [-0.2, 0) is 15.6 Å². The third-order valence-corrected chi connectivity index (χ3v) is 5.07. The summed E-state index contributed by atoms with van der Waals surface area (Å²) in [6.45, 7) is 1.51. The van der Waals surface area contributed by atoms with Crippen LogP contribution in [0.2, 0.25) is 0 Å². The minimum absolute atomic E-state index is 0.0744. The third-order valence-electron chi connectivity index (χ3n) is 2.91. The molecule has 0 radical (unpaired) electrons. The summed E-state index contributed by atoms with van der Waals surface area (Å²) < 4.78 is 26.2. The van der Waals surface area contributed by atoms with E-state index < -0.39 is 15.6 Å². The molecule has 2 aromatic rings. The van der Waals surface area contributed by atoms with Crippen LogP contribution >= 0.6 is 11.3 Å². The lowest BCUT2D eigenvalue weighted by atomic mass is 10.1. The summed E-state index contributed by atoms with van der Waals surface area (Å²) in [5.74, 6) is 0. The highest BCUT2D eigenvalue weighted by atomic mass is 32.2. The first-order valence-corrected chi connectivity index (χ1v) is 8.81. The highest BCUT2D eigenvalue weighted by Crippen LogP contribution is 2.24. The van der Waals surface area contributed by atoms with E-state index in [-0.39, 0.29) is 6.54 Å². The van der Waals surface area contributed by atoms with E-state index in [0.29, 0.717) is 0 Å². The first-order valence-electron chi connectivity index (χ1n) is 6.38. The van der Waals surface area contributed by atoms with Gasteiger partial charge in [0, 0.05) is 16.8 Å². The second-order valence-corrected chi connectivity index (χ2v) is 7.43. The van der Waals surface area contributed by atoms with E-state index in [2.05, 4.69) is 4.72 Å². The Morgan fingerprint density at radius 3 is 2.57 bits per heavy atom. The maximum absolute atomic E-state index is 11.9. The first kappa shape index (κ1) is 15.9. The largest absolute Gasteiger partial charge is 0.383 e. The van der Waals surface area contributed by atoms with Gasteiger partial charge < -0.3 is 5.11 Å². The summed E-state index contributed by atoms with van der Waals surface area (Å²) in [5.41, 5.74) is -0.421. The number of hydrogen-bond donors (Lipinski definition) is 2. The zero-order chi connectivity index (χ0) is 15.3. The normalized spacial score (nSPS) is 15.1. The number of thiophene rings is 1. The molecule has 1 atom stereocenters. The Labute approximate surface area is 128 Å². The summed E-state index contributed by atoms with van der Waals surface area (Å²) in [6.07, 6.45) is 1.52. The minimum atomic E-state index is -3.59. The highest BCUT2D eigenvalue weighted by molar-refractivity contribution is 7.92. The van der Waals surface area contributed by atoms with Gasteiger partial charge in [-0.05, 0) is 30.0 Å². The van der Waals surface area contributed by atoms with Crippen LogP contribution in [0.1, 0.15) is 17.4 Å². The zero-order valence-electron chi connectivity index (χ0n) is 11.6. The van der Waals surface area contributed by atoms with Crippen LogP contribution in [0, 0.1) is 0 Å². The standard InChI is InChI=1S/C15H17NO3S2/c1-15(17,14-8-5-10-20-14)12-16-21(18,19)11-9-13-6-3-2-4-7-13/h2-11,16-17H,12H2,1H3/b11-9+. The van der Waals surface area contributed by atoms with Crippen molar-refractivity contribution in [3.63, 3.8) is 0 Å². The van der Waals surface area contributed by atoms with Crippen LogP contribution in [-0.4, -0.2) is 20.1 Å². The average molecular weight is 323 g/mol. The molecule has 1 heterocycles. The second-order valence-electron chi connectivity index (χ2n) is 4.83. The molecule has 21 heavy (non-hydrogen) atoms. The van der Waals surface area contributed by atoms with E-state index >= 15 is 0 Å². The number of hydrogen-bond acceptors (Lipinski definition) is 4. The van der Waals surface area contributed by atoms with Gasteiger partial charge >= 0.3 is 0 Å². The van der Waals surface area contributed by atoms with Gasteiger partial charge in [-0.1, -0.05) is 36.4 Å². The topological polar surface area (TPSA) is 66.4 Å². The van der Waals surface area contributed by atoms with E-state index in [1.54, 1.807) is 13.0 Å². The molecular formula is C15H17NO3S2. The molecule has 0 aliphatic carbocycles. The molecule has 0 aliphatic heterocycles. The van der Waals surface area contributed by atoms with Gasteiger partial charge in [-0.2, -0.15) is 0 Å². The Kier molecular flexibility index (Phi) is 4.95. The molecule has 6 heteroatoms. The van der Waals surface area contributed by atoms with Gasteiger partial charge in [0.1, 0.15) is 5.60 Å². The maximum Gasteiger partial charge on any atom is 0.233 e. The summed E-state index contributed by atoms with van der Waals surface area (Å²) in [5, 5.41) is 13.2. The molecule has 2 rings (SSSR count). The molecule has 1 aromatic heterocycles. The third kappa shape index (κ3) is 4.78. The first-order chi connectivity index (χ1) is 9.89. The van der Waals surface area contributed by atoms with Crippen LogP contribution in [0.25, 0.3) is 6.08 Å². The monoisotopic (exact) mass is 323 g/mol. The lowest BCUT2D eigenvalue weighted by molar-refractivity contribution is 0.0667. The Morgan fingerprint density at radius 1 is 1.24 bits per heavy atom. The van der Waals surface area contributed by atoms with Gasteiger partial charge in [-0.15, -0.1) is 11.3 Å². The molecular weight excluding hydrogens is 306 g/mol. The lowest BCUT2D eigenvalue weighted by Gasteiger charge is -2.21. The Hall–Kier alpha value is -1.47. The predicted octanol–water partition coefficient (Wildman–Crippen LogP) is 2.55. The average Bonchev–Trinajstić information content (AvgIpc) is 3.00. The number of sulfonamides is 1. The van der Waals surface area contributed by atoms with Crippen molar-refractivity contribution >= 4 is 27.4 Å². The van der Waals surface area contributed by atoms with E-state index in [9.17, 15) is 13.5 Å². The molecule has 0 saturated carbocycles. The van der Waals surface area contributed by atoms with Crippen LogP contribution in [0.5, 0.6) is 0 Å². The molecule has 4 nitrogen and oxygen atoms in total. The number of aliphatic hydroxyl groups is 1. The SMILES string of the molecule is CC(O)(CNS(=O)(=O)/C=C/c1ccccc1)c1cccs1. The number of rotatable bonds is 6. The maximum atomic E-state index is 11.9. The van der Waals surface area contributed by atoms with Crippen molar-refractivity contribution in [3.05, 3.63) is 63.7 Å². The van der Waals surface area contributed by atoms with Crippen LogP contribution in [0.15, 0.2) is 53.3 Å². The fourth-order valence-corrected chi connectivity index (χ4v) is 3.40. The van der Waals surface area contributed by atoms with E-state index in [1.807, 2.05) is 41.8 Å². The summed E-state index contributed by atoms with van der Waals surface area (Å²) in [7, 11) is -3.59. The fourth-order valence-electron chi connectivity index (χ4n) is 1.69. The smallest absolute Gasteiger partial charge is 0.233 e. The molecule has 112 valence electrons. The molecule has 0 fully saturated rings. The van der Waals surface area contributed by atoms with Gasteiger partial charge in [-0.25, -0.2) is 13.1 Å². The molecule has 1 unspecified atom stereocenters. The predicted molar refractivity (Wildman–Crippen MR) is 86.3 cm³/mol. The summed E-state index contributed by atoms with van der Waals surface area (Å²) in [4.78, 5) is 0.720. The van der Waals surface area contributed by atoms with Crippen LogP contribution < -0.4 is 4.72 Å². The van der Waals surface area contributed by atoms with Crippen molar-refractivity contribution in [3.8, 4) is 0 Å². The molecule has 0 amide bonds. The second kappa shape index (κ2) is 6.53.